The first-order chi connectivity index (χ1) is 17.1. The van der Waals surface area contributed by atoms with Crippen LogP contribution in [0.5, 0.6) is 5.75 Å². The van der Waals surface area contributed by atoms with Gasteiger partial charge in [0.1, 0.15) is 24.5 Å². The molecule has 2 atom stereocenters. The summed E-state index contributed by atoms with van der Waals surface area (Å²) in [5.41, 5.74) is 0.617. The Hall–Kier alpha value is -3.20. The molecule has 1 aliphatic carbocycles. The molecule has 2 amide bonds. The Balaban J connectivity index is 1.48. The second-order valence-corrected chi connectivity index (χ2v) is 10.5. The lowest BCUT2D eigenvalue weighted by Crippen LogP contribution is -2.51. The molecule has 2 aromatic rings. The third kappa shape index (κ3) is 6.51. The maximum atomic E-state index is 14.0. The molecule has 1 aliphatic heterocycles. The molecular formula is C27H35FN4O4. The molecule has 2 fully saturated rings. The Kier molecular flexibility index (Phi) is 7.78. The molecule has 1 aromatic heterocycles. The molecular weight excluding hydrogens is 463 g/mol. The standard InChI is InChI=1S/C27H35FN4O4/c1-27(2,3)36-26(34)32(17-24(33)31-14-12-30(4)13-15-31)22-16-21(22)20-9-5-6-10-23(20)35-18-19-8-7-11-29-25(19)28/h5-11,21-22H,12-18H2,1-4H3/t21-,22+/m0/s1. The van der Waals surface area contributed by atoms with Crippen LogP contribution in [0.2, 0.25) is 0 Å². The fraction of sp³-hybridized carbons (Fsp3) is 0.519. The third-order valence-electron chi connectivity index (χ3n) is 6.48. The molecule has 36 heavy (non-hydrogen) atoms. The number of benzene rings is 1. The maximum Gasteiger partial charge on any atom is 0.411 e. The van der Waals surface area contributed by atoms with Gasteiger partial charge in [0, 0.05) is 49.9 Å². The van der Waals surface area contributed by atoms with E-state index in [4.69, 9.17) is 9.47 Å². The van der Waals surface area contributed by atoms with E-state index >= 15 is 0 Å². The van der Waals surface area contributed by atoms with Crippen molar-refractivity contribution >= 4 is 12.0 Å². The monoisotopic (exact) mass is 498 g/mol. The van der Waals surface area contributed by atoms with E-state index in [1.807, 2.05) is 57.0 Å². The summed E-state index contributed by atoms with van der Waals surface area (Å²) in [5, 5.41) is 0. The number of carbonyl (C=O) groups is 2. The number of likely N-dealkylation sites (N-methyl/N-ethyl adjacent to an activating group) is 1. The van der Waals surface area contributed by atoms with E-state index < -0.39 is 17.6 Å². The van der Waals surface area contributed by atoms with E-state index in [1.165, 1.54) is 6.20 Å². The molecule has 8 nitrogen and oxygen atoms in total. The summed E-state index contributed by atoms with van der Waals surface area (Å²) in [4.78, 5) is 35.5. The molecule has 0 spiro atoms. The summed E-state index contributed by atoms with van der Waals surface area (Å²) in [5.74, 6) is -0.00969. The van der Waals surface area contributed by atoms with Crippen LogP contribution >= 0.6 is 0 Å². The first-order valence-electron chi connectivity index (χ1n) is 12.4. The Labute approximate surface area is 212 Å². The lowest BCUT2D eigenvalue weighted by atomic mass is 10.1. The van der Waals surface area contributed by atoms with Gasteiger partial charge in [0.15, 0.2) is 0 Å². The van der Waals surface area contributed by atoms with Crippen molar-refractivity contribution in [3.63, 3.8) is 0 Å². The van der Waals surface area contributed by atoms with Crippen LogP contribution in [0.1, 0.15) is 44.2 Å². The van der Waals surface area contributed by atoms with E-state index in [0.29, 0.717) is 30.8 Å². The van der Waals surface area contributed by atoms with E-state index in [0.717, 1.165) is 18.7 Å². The number of halogens is 1. The molecule has 0 unspecified atom stereocenters. The molecule has 0 radical (unpaired) electrons. The van der Waals surface area contributed by atoms with E-state index in [2.05, 4.69) is 9.88 Å². The summed E-state index contributed by atoms with van der Waals surface area (Å²) in [6.45, 7) is 8.39. The minimum atomic E-state index is -0.675. The van der Waals surface area contributed by atoms with Gasteiger partial charge in [-0.1, -0.05) is 18.2 Å². The SMILES string of the molecule is CN1CCN(C(=O)CN(C(=O)OC(C)(C)C)[C@@H]2C[C@H]2c2ccccc2OCc2cccnc2F)CC1. The number of piperazine rings is 1. The van der Waals surface area contributed by atoms with E-state index in [9.17, 15) is 14.0 Å². The lowest BCUT2D eigenvalue weighted by Gasteiger charge is -2.34. The van der Waals surface area contributed by atoms with Crippen LogP contribution in [0.25, 0.3) is 0 Å². The Bertz CT molecular complexity index is 1080. The third-order valence-corrected chi connectivity index (χ3v) is 6.48. The highest BCUT2D eigenvalue weighted by molar-refractivity contribution is 5.83. The highest BCUT2D eigenvalue weighted by atomic mass is 19.1. The fourth-order valence-electron chi connectivity index (χ4n) is 4.40. The number of para-hydroxylation sites is 1. The van der Waals surface area contributed by atoms with Gasteiger partial charge in [0.05, 0.1) is 0 Å². The number of nitrogens with zero attached hydrogens (tertiary/aromatic N) is 4. The number of aromatic nitrogens is 1. The zero-order chi connectivity index (χ0) is 25.9. The fourth-order valence-corrected chi connectivity index (χ4v) is 4.40. The van der Waals surface area contributed by atoms with Crippen molar-refractivity contribution < 1.29 is 23.5 Å². The van der Waals surface area contributed by atoms with Gasteiger partial charge in [0.2, 0.25) is 11.9 Å². The topological polar surface area (TPSA) is 75.2 Å². The van der Waals surface area contributed by atoms with Crippen LogP contribution in [-0.4, -0.2) is 83.1 Å². The number of hydrogen-bond acceptors (Lipinski definition) is 6. The quantitative estimate of drug-likeness (QED) is 0.543. The van der Waals surface area contributed by atoms with Crippen molar-refractivity contribution in [1.82, 2.24) is 19.7 Å². The van der Waals surface area contributed by atoms with Gasteiger partial charge in [-0.2, -0.15) is 4.39 Å². The largest absolute Gasteiger partial charge is 0.488 e. The maximum absolute atomic E-state index is 14.0. The average molecular weight is 499 g/mol. The predicted molar refractivity (Wildman–Crippen MR) is 133 cm³/mol. The smallest absolute Gasteiger partial charge is 0.411 e. The summed E-state index contributed by atoms with van der Waals surface area (Å²) >= 11 is 0. The molecule has 194 valence electrons. The second-order valence-electron chi connectivity index (χ2n) is 10.5. The van der Waals surface area contributed by atoms with Crippen LogP contribution < -0.4 is 4.74 Å². The molecule has 9 heteroatoms. The zero-order valence-electron chi connectivity index (χ0n) is 21.4. The molecule has 1 aromatic carbocycles. The van der Waals surface area contributed by atoms with Crippen molar-refractivity contribution in [3.8, 4) is 5.75 Å². The molecule has 0 N–H and O–H groups in total. The summed E-state index contributed by atoms with van der Waals surface area (Å²) < 4.78 is 25.6. The van der Waals surface area contributed by atoms with Crippen LogP contribution in [-0.2, 0) is 16.1 Å². The Morgan fingerprint density at radius 3 is 2.53 bits per heavy atom. The highest BCUT2D eigenvalue weighted by Crippen LogP contribution is 2.48. The number of hydrogen-bond donors (Lipinski definition) is 0. The van der Waals surface area contributed by atoms with Crippen LogP contribution in [0.15, 0.2) is 42.6 Å². The number of ether oxygens (including phenoxy) is 2. The first-order valence-corrected chi connectivity index (χ1v) is 12.4. The summed E-state index contributed by atoms with van der Waals surface area (Å²) in [6.07, 6.45) is 1.60. The van der Waals surface area contributed by atoms with Crippen LogP contribution in [0.4, 0.5) is 9.18 Å². The predicted octanol–water partition coefficient (Wildman–Crippen LogP) is 3.67. The van der Waals surface area contributed by atoms with Gasteiger partial charge < -0.3 is 19.3 Å². The summed E-state index contributed by atoms with van der Waals surface area (Å²) in [6, 6.07) is 10.7. The lowest BCUT2D eigenvalue weighted by molar-refractivity contribution is -0.134. The summed E-state index contributed by atoms with van der Waals surface area (Å²) in [7, 11) is 2.03. The minimum absolute atomic E-state index is 0.00671. The number of rotatable bonds is 7. The number of amides is 2. The van der Waals surface area contributed by atoms with Crippen molar-refractivity contribution in [3.05, 3.63) is 59.7 Å². The van der Waals surface area contributed by atoms with Crippen LogP contribution in [0, 0.1) is 5.95 Å². The van der Waals surface area contributed by atoms with E-state index in [1.54, 1.807) is 17.0 Å². The molecule has 0 bridgehead atoms. The van der Waals surface area contributed by atoms with Gasteiger partial charge in [-0.05, 0) is 58.0 Å². The van der Waals surface area contributed by atoms with Crippen molar-refractivity contribution in [2.24, 2.45) is 0 Å². The van der Waals surface area contributed by atoms with E-state index in [-0.39, 0.29) is 31.0 Å². The van der Waals surface area contributed by atoms with Gasteiger partial charge in [-0.15, -0.1) is 0 Å². The van der Waals surface area contributed by atoms with Crippen molar-refractivity contribution in [2.75, 3.05) is 39.8 Å². The van der Waals surface area contributed by atoms with Gasteiger partial charge in [-0.3, -0.25) is 9.69 Å². The molecule has 2 aliphatic rings. The molecule has 4 rings (SSSR count). The normalized spacial score (nSPS) is 20.1. The number of pyridine rings is 1. The average Bonchev–Trinajstić information content (AvgIpc) is 3.62. The van der Waals surface area contributed by atoms with Gasteiger partial charge in [0.25, 0.3) is 0 Å². The van der Waals surface area contributed by atoms with Crippen molar-refractivity contribution in [1.29, 1.82) is 0 Å². The second kappa shape index (κ2) is 10.8. The van der Waals surface area contributed by atoms with Gasteiger partial charge >= 0.3 is 6.09 Å². The van der Waals surface area contributed by atoms with Crippen LogP contribution in [0.3, 0.4) is 0 Å². The van der Waals surface area contributed by atoms with Crippen molar-refractivity contribution in [2.45, 2.75) is 51.4 Å². The molecule has 1 saturated carbocycles. The Morgan fingerprint density at radius 2 is 1.83 bits per heavy atom. The highest BCUT2D eigenvalue weighted by Gasteiger charge is 2.48. The number of carbonyl (C=O) groups excluding carboxylic acids is 2. The Morgan fingerprint density at radius 1 is 1.11 bits per heavy atom. The molecule has 1 saturated heterocycles. The first kappa shape index (κ1) is 25.9. The zero-order valence-corrected chi connectivity index (χ0v) is 21.4. The molecule has 2 heterocycles. The van der Waals surface area contributed by atoms with Gasteiger partial charge in [-0.25, -0.2) is 9.78 Å². The minimum Gasteiger partial charge on any atom is -0.488 e.